The summed E-state index contributed by atoms with van der Waals surface area (Å²) in [5.41, 5.74) is 1.04. The van der Waals surface area contributed by atoms with Crippen LogP contribution in [-0.4, -0.2) is 30.4 Å². The predicted octanol–water partition coefficient (Wildman–Crippen LogP) is 1.40. The first-order chi connectivity index (χ1) is 9.30. The fraction of sp³-hybridized carbons (Fsp3) is 0.571. The maximum atomic E-state index is 9.19. The van der Waals surface area contributed by atoms with Gasteiger partial charge in [-0.3, -0.25) is 4.98 Å². The summed E-state index contributed by atoms with van der Waals surface area (Å²) in [6, 6.07) is 3.89. The standard InChI is InChI=1S/C14H19BN2O3/c1-13(2)14(3,4)20-15(19-13)11-6-10(7-16)12(9-18-5)17-8-11/h6,8H,9H2,1-5H3. The molecular weight excluding hydrogens is 255 g/mol. The van der Waals surface area contributed by atoms with E-state index in [9.17, 15) is 5.26 Å². The molecule has 1 saturated heterocycles. The molecule has 1 aliphatic heterocycles. The Morgan fingerprint density at radius 2 is 1.90 bits per heavy atom. The van der Waals surface area contributed by atoms with Crippen molar-refractivity contribution in [2.45, 2.75) is 45.5 Å². The largest absolute Gasteiger partial charge is 0.496 e. The highest BCUT2D eigenvalue weighted by Crippen LogP contribution is 2.36. The first kappa shape index (κ1) is 15.0. The Hall–Kier alpha value is -1.42. The van der Waals surface area contributed by atoms with Gasteiger partial charge in [0.15, 0.2) is 0 Å². The Bertz CT molecular complexity index is 536. The predicted molar refractivity (Wildman–Crippen MR) is 75.4 cm³/mol. The van der Waals surface area contributed by atoms with E-state index in [1.54, 1.807) is 19.4 Å². The highest BCUT2D eigenvalue weighted by Gasteiger charge is 2.51. The topological polar surface area (TPSA) is 64.4 Å². The van der Waals surface area contributed by atoms with E-state index < -0.39 is 18.3 Å². The second-order valence-electron chi connectivity index (χ2n) is 5.90. The summed E-state index contributed by atoms with van der Waals surface area (Å²) in [6.45, 7) is 8.28. The average molecular weight is 274 g/mol. The van der Waals surface area contributed by atoms with Gasteiger partial charge in [0.25, 0.3) is 0 Å². The average Bonchev–Trinajstić information content (AvgIpc) is 2.59. The molecular formula is C14H19BN2O3. The van der Waals surface area contributed by atoms with Crippen molar-refractivity contribution in [1.82, 2.24) is 4.98 Å². The van der Waals surface area contributed by atoms with Gasteiger partial charge in [-0.15, -0.1) is 0 Å². The summed E-state index contributed by atoms with van der Waals surface area (Å²) in [5.74, 6) is 0. The van der Waals surface area contributed by atoms with E-state index in [0.29, 0.717) is 17.9 Å². The molecule has 1 aromatic rings. The third-order valence-corrected chi connectivity index (χ3v) is 3.92. The number of hydrogen-bond donors (Lipinski definition) is 0. The van der Waals surface area contributed by atoms with Gasteiger partial charge in [0, 0.05) is 18.8 Å². The molecule has 0 N–H and O–H groups in total. The number of methoxy groups -OCH3 is 1. The molecule has 5 nitrogen and oxygen atoms in total. The molecule has 0 bridgehead atoms. The molecule has 0 amide bonds. The molecule has 2 rings (SSSR count). The van der Waals surface area contributed by atoms with Gasteiger partial charge in [-0.1, -0.05) is 0 Å². The van der Waals surface area contributed by atoms with Crippen LogP contribution in [0.5, 0.6) is 0 Å². The van der Waals surface area contributed by atoms with Crippen molar-refractivity contribution in [3.63, 3.8) is 0 Å². The molecule has 0 unspecified atom stereocenters. The maximum absolute atomic E-state index is 9.19. The summed E-state index contributed by atoms with van der Waals surface area (Å²) in [6.07, 6.45) is 1.68. The number of nitrogens with zero attached hydrogens (tertiary/aromatic N) is 2. The van der Waals surface area contributed by atoms with E-state index in [-0.39, 0.29) is 0 Å². The number of hydrogen-bond acceptors (Lipinski definition) is 5. The zero-order chi connectivity index (χ0) is 15.0. The summed E-state index contributed by atoms with van der Waals surface area (Å²) in [7, 11) is 1.07. The highest BCUT2D eigenvalue weighted by molar-refractivity contribution is 6.62. The van der Waals surface area contributed by atoms with Crippen LogP contribution in [0.2, 0.25) is 0 Å². The summed E-state index contributed by atoms with van der Waals surface area (Å²) < 4.78 is 16.9. The second-order valence-corrected chi connectivity index (χ2v) is 5.90. The highest BCUT2D eigenvalue weighted by atomic mass is 16.7. The molecule has 2 heterocycles. The molecule has 0 aliphatic carbocycles. The molecule has 0 atom stereocenters. The van der Waals surface area contributed by atoms with Crippen LogP contribution >= 0.6 is 0 Å². The van der Waals surface area contributed by atoms with Crippen LogP contribution in [0.3, 0.4) is 0 Å². The molecule has 106 valence electrons. The Balaban J connectivity index is 2.30. The molecule has 0 spiro atoms. The van der Waals surface area contributed by atoms with Crippen molar-refractivity contribution in [3.8, 4) is 6.07 Å². The van der Waals surface area contributed by atoms with Crippen molar-refractivity contribution >= 4 is 12.6 Å². The molecule has 1 fully saturated rings. The van der Waals surface area contributed by atoms with Gasteiger partial charge in [-0.25, -0.2) is 0 Å². The van der Waals surface area contributed by atoms with E-state index in [0.717, 1.165) is 5.46 Å². The van der Waals surface area contributed by atoms with Crippen molar-refractivity contribution in [3.05, 3.63) is 23.5 Å². The fourth-order valence-electron chi connectivity index (χ4n) is 1.97. The second kappa shape index (κ2) is 5.17. The fourth-order valence-corrected chi connectivity index (χ4v) is 1.97. The van der Waals surface area contributed by atoms with Crippen LogP contribution in [-0.2, 0) is 20.7 Å². The Morgan fingerprint density at radius 1 is 1.30 bits per heavy atom. The van der Waals surface area contributed by atoms with Crippen molar-refractivity contribution in [2.75, 3.05) is 7.11 Å². The molecule has 6 heteroatoms. The maximum Gasteiger partial charge on any atom is 0.496 e. The van der Waals surface area contributed by atoms with E-state index in [4.69, 9.17) is 14.0 Å². The van der Waals surface area contributed by atoms with Gasteiger partial charge in [0.1, 0.15) is 6.07 Å². The van der Waals surface area contributed by atoms with Crippen molar-refractivity contribution < 1.29 is 14.0 Å². The third kappa shape index (κ3) is 2.57. The molecule has 0 saturated carbocycles. The lowest BCUT2D eigenvalue weighted by Gasteiger charge is -2.32. The van der Waals surface area contributed by atoms with Crippen LogP contribution in [0.4, 0.5) is 0 Å². The first-order valence-electron chi connectivity index (χ1n) is 6.54. The van der Waals surface area contributed by atoms with Crippen LogP contribution < -0.4 is 5.46 Å². The molecule has 0 radical (unpaired) electrons. The van der Waals surface area contributed by atoms with Crippen LogP contribution in [0.15, 0.2) is 12.3 Å². The summed E-state index contributed by atoms with van der Waals surface area (Å²) in [5, 5.41) is 9.19. The number of ether oxygens (including phenoxy) is 1. The zero-order valence-electron chi connectivity index (χ0n) is 12.6. The van der Waals surface area contributed by atoms with E-state index >= 15 is 0 Å². The third-order valence-electron chi connectivity index (χ3n) is 3.92. The Labute approximate surface area is 120 Å². The summed E-state index contributed by atoms with van der Waals surface area (Å²) in [4.78, 5) is 4.27. The first-order valence-corrected chi connectivity index (χ1v) is 6.54. The SMILES string of the molecule is COCc1ncc(B2OC(C)(C)C(C)(C)O2)cc1C#N. The van der Waals surface area contributed by atoms with Crippen molar-refractivity contribution in [1.29, 1.82) is 5.26 Å². The van der Waals surface area contributed by atoms with Crippen LogP contribution in [0, 0.1) is 11.3 Å². The minimum Gasteiger partial charge on any atom is -0.399 e. The molecule has 0 aromatic carbocycles. The van der Waals surface area contributed by atoms with E-state index in [1.807, 2.05) is 27.7 Å². The number of nitriles is 1. The monoisotopic (exact) mass is 274 g/mol. The number of rotatable bonds is 3. The minimum absolute atomic E-state index is 0.312. The number of pyridine rings is 1. The normalized spacial score (nSPS) is 19.9. The summed E-state index contributed by atoms with van der Waals surface area (Å²) >= 11 is 0. The van der Waals surface area contributed by atoms with Crippen LogP contribution in [0.1, 0.15) is 39.0 Å². The van der Waals surface area contributed by atoms with Gasteiger partial charge in [-0.2, -0.15) is 5.26 Å². The van der Waals surface area contributed by atoms with E-state index in [2.05, 4.69) is 11.1 Å². The van der Waals surface area contributed by atoms with Gasteiger partial charge >= 0.3 is 7.12 Å². The lowest BCUT2D eigenvalue weighted by Crippen LogP contribution is -2.41. The Kier molecular flexibility index (Phi) is 3.87. The van der Waals surface area contributed by atoms with Gasteiger partial charge < -0.3 is 14.0 Å². The smallest absolute Gasteiger partial charge is 0.399 e. The van der Waals surface area contributed by atoms with Gasteiger partial charge in [-0.05, 0) is 33.8 Å². The van der Waals surface area contributed by atoms with Gasteiger partial charge in [0.05, 0.1) is 29.1 Å². The molecule has 20 heavy (non-hydrogen) atoms. The zero-order valence-corrected chi connectivity index (χ0v) is 12.6. The lowest BCUT2D eigenvalue weighted by molar-refractivity contribution is 0.00578. The Morgan fingerprint density at radius 3 is 2.40 bits per heavy atom. The number of aromatic nitrogens is 1. The minimum atomic E-state index is -0.504. The van der Waals surface area contributed by atoms with Crippen LogP contribution in [0.25, 0.3) is 0 Å². The molecule has 1 aromatic heterocycles. The van der Waals surface area contributed by atoms with E-state index in [1.165, 1.54) is 0 Å². The molecule has 1 aliphatic rings. The van der Waals surface area contributed by atoms with Gasteiger partial charge in [0.2, 0.25) is 0 Å². The quantitative estimate of drug-likeness (QED) is 0.779. The lowest BCUT2D eigenvalue weighted by atomic mass is 9.79. The van der Waals surface area contributed by atoms with Crippen molar-refractivity contribution in [2.24, 2.45) is 0 Å².